The first-order valence-electron chi connectivity index (χ1n) is 14.0. The van der Waals surface area contributed by atoms with Crippen molar-refractivity contribution in [3.05, 3.63) is 58.0 Å². The summed E-state index contributed by atoms with van der Waals surface area (Å²) in [5.74, 6) is 3.26. The van der Waals surface area contributed by atoms with Crippen LogP contribution in [0.15, 0.2) is 47.4 Å². The molecule has 4 saturated carbocycles. The topological polar surface area (TPSA) is 94.2 Å². The second-order valence-corrected chi connectivity index (χ2v) is 13.0. The molecule has 3 amide bonds. The second kappa shape index (κ2) is 11.6. The Bertz CT molecular complexity index is 1340. The van der Waals surface area contributed by atoms with Gasteiger partial charge in [-0.1, -0.05) is 17.7 Å². The van der Waals surface area contributed by atoms with Gasteiger partial charge < -0.3 is 19.5 Å². The van der Waals surface area contributed by atoms with Crippen molar-refractivity contribution < 1.29 is 28.6 Å². The molecule has 1 saturated heterocycles. The van der Waals surface area contributed by atoms with Gasteiger partial charge in [-0.3, -0.25) is 19.3 Å². The van der Waals surface area contributed by atoms with E-state index < -0.39 is 0 Å². The van der Waals surface area contributed by atoms with E-state index in [0.717, 1.165) is 48.8 Å². The van der Waals surface area contributed by atoms with Crippen LogP contribution in [0.4, 0.5) is 4.79 Å². The van der Waals surface area contributed by atoms with Gasteiger partial charge >= 0.3 is 0 Å². The summed E-state index contributed by atoms with van der Waals surface area (Å²) in [4.78, 5) is 39.8. The van der Waals surface area contributed by atoms with Gasteiger partial charge in [0.05, 0.1) is 18.6 Å². The van der Waals surface area contributed by atoms with Gasteiger partial charge in [0, 0.05) is 10.6 Å². The monoisotopic (exact) mass is 596 g/mol. The van der Waals surface area contributed by atoms with Crippen LogP contribution >= 0.6 is 23.4 Å². The molecule has 2 aromatic carbocycles. The molecule has 4 aliphatic carbocycles. The first kappa shape index (κ1) is 28.0. The summed E-state index contributed by atoms with van der Waals surface area (Å²) in [5.41, 5.74) is 0.615. The van der Waals surface area contributed by atoms with Crippen LogP contribution in [0, 0.1) is 17.8 Å². The third-order valence-corrected chi connectivity index (χ3v) is 9.72. The number of hydrogen-bond acceptors (Lipinski definition) is 7. The van der Waals surface area contributed by atoms with E-state index in [1.807, 2.05) is 0 Å². The Kier molecular flexibility index (Phi) is 7.92. The van der Waals surface area contributed by atoms with Crippen LogP contribution < -0.4 is 19.5 Å². The van der Waals surface area contributed by atoms with Crippen molar-refractivity contribution in [1.29, 1.82) is 0 Å². The predicted molar refractivity (Wildman–Crippen MR) is 157 cm³/mol. The maximum Gasteiger partial charge on any atom is 0.293 e. The fraction of sp³-hybridized carbons (Fsp3) is 0.452. The molecule has 1 heterocycles. The number of thioether (sulfide) groups is 1. The molecule has 0 atom stereocenters. The van der Waals surface area contributed by atoms with Gasteiger partial charge in [-0.25, -0.2) is 0 Å². The van der Waals surface area contributed by atoms with Crippen molar-refractivity contribution in [2.75, 3.05) is 26.9 Å². The van der Waals surface area contributed by atoms with Crippen LogP contribution in [0.1, 0.15) is 44.1 Å². The molecule has 10 heteroatoms. The number of nitrogens with zero attached hydrogens (tertiary/aromatic N) is 1. The van der Waals surface area contributed by atoms with Crippen molar-refractivity contribution in [1.82, 2.24) is 10.2 Å². The number of nitrogens with one attached hydrogen (secondary N) is 1. The molecule has 0 unspecified atom stereocenters. The molecule has 2 aromatic rings. The van der Waals surface area contributed by atoms with Gasteiger partial charge in [-0.05, 0) is 116 Å². The highest BCUT2D eigenvalue weighted by Crippen LogP contribution is 2.55. The number of halogens is 1. The van der Waals surface area contributed by atoms with Crippen LogP contribution in [0.25, 0.3) is 6.08 Å². The van der Waals surface area contributed by atoms with Crippen molar-refractivity contribution in [2.24, 2.45) is 17.8 Å². The number of ether oxygens (including phenoxy) is 3. The van der Waals surface area contributed by atoms with Crippen LogP contribution in [-0.2, 0) is 9.59 Å². The Morgan fingerprint density at radius 1 is 1.02 bits per heavy atom. The summed E-state index contributed by atoms with van der Waals surface area (Å²) in [7, 11) is 1.52. The molecule has 0 radical (unpaired) electrons. The SMILES string of the molecule is COc1cc(/C=C2\SC(=O)N(CCOc3ccc(Cl)cc3)C2=O)ccc1OCC(=O)NC12CC3CC(CC(C3)C1)C2. The van der Waals surface area contributed by atoms with Crippen molar-refractivity contribution in [2.45, 2.75) is 44.1 Å². The third kappa shape index (κ3) is 6.21. The quantitative estimate of drug-likeness (QED) is 0.340. The molecule has 5 fully saturated rings. The minimum absolute atomic E-state index is 0.0614. The first-order chi connectivity index (χ1) is 19.8. The smallest absolute Gasteiger partial charge is 0.293 e. The second-order valence-electron chi connectivity index (χ2n) is 11.6. The molecule has 5 aliphatic rings. The molecule has 4 bridgehead atoms. The number of methoxy groups -OCH3 is 1. The molecular weight excluding hydrogens is 564 g/mol. The molecule has 0 spiro atoms. The molecule has 7 rings (SSSR count). The van der Waals surface area contributed by atoms with Crippen LogP contribution in [-0.4, -0.2) is 54.4 Å². The molecule has 1 aliphatic heterocycles. The number of hydrogen-bond donors (Lipinski definition) is 1. The molecule has 8 nitrogen and oxygen atoms in total. The van der Waals surface area contributed by atoms with E-state index in [-0.39, 0.29) is 42.4 Å². The highest BCUT2D eigenvalue weighted by molar-refractivity contribution is 8.18. The maximum absolute atomic E-state index is 12.9. The van der Waals surface area contributed by atoms with E-state index >= 15 is 0 Å². The zero-order valence-corrected chi connectivity index (χ0v) is 24.5. The number of benzene rings is 2. The summed E-state index contributed by atoms with van der Waals surface area (Å²) in [6.07, 6.45) is 8.87. The zero-order valence-electron chi connectivity index (χ0n) is 22.9. The molecule has 216 valence electrons. The Labute approximate surface area is 248 Å². The maximum atomic E-state index is 12.9. The van der Waals surface area contributed by atoms with Crippen molar-refractivity contribution in [3.8, 4) is 17.2 Å². The number of carbonyl (C=O) groups excluding carboxylic acids is 3. The van der Waals surface area contributed by atoms with Crippen LogP contribution in [0.3, 0.4) is 0 Å². The van der Waals surface area contributed by atoms with Crippen molar-refractivity contribution >= 4 is 46.5 Å². The van der Waals surface area contributed by atoms with E-state index in [4.69, 9.17) is 25.8 Å². The largest absolute Gasteiger partial charge is 0.493 e. The summed E-state index contributed by atoms with van der Waals surface area (Å²) in [5, 5.41) is 3.58. The van der Waals surface area contributed by atoms with Crippen molar-refractivity contribution in [3.63, 3.8) is 0 Å². The minimum atomic E-state index is -0.375. The van der Waals surface area contributed by atoms with Gasteiger partial charge in [0.1, 0.15) is 12.4 Å². The Morgan fingerprint density at radius 3 is 2.37 bits per heavy atom. The first-order valence-corrected chi connectivity index (χ1v) is 15.2. The Hall–Kier alpha value is -3.17. The summed E-state index contributed by atoms with van der Waals surface area (Å²) < 4.78 is 17.0. The van der Waals surface area contributed by atoms with Gasteiger partial charge in [-0.2, -0.15) is 0 Å². The zero-order chi connectivity index (χ0) is 28.6. The average molecular weight is 597 g/mol. The lowest BCUT2D eigenvalue weighted by Gasteiger charge is -2.56. The molecule has 1 N–H and O–H groups in total. The number of imide groups is 1. The lowest BCUT2D eigenvalue weighted by atomic mass is 9.53. The summed E-state index contributed by atoms with van der Waals surface area (Å²) in [6.45, 7) is 0.212. The molecule has 41 heavy (non-hydrogen) atoms. The van der Waals surface area contributed by atoms with E-state index in [9.17, 15) is 14.4 Å². The molecule has 0 aromatic heterocycles. The van der Waals surface area contributed by atoms with Gasteiger partial charge in [0.15, 0.2) is 18.1 Å². The number of carbonyl (C=O) groups is 3. The lowest BCUT2D eigenvalue weighted by Crippen LogP contribution is -2.60. The van der Waals surface area contributed by atoms with E-state index in [1.165, 1.54) is 31.3 Å². The highest BCUT2D eigenvalue weighted by Gasteiger charge is 2.51. The Morgan fingerprint density at radius 2 is 1.71 bits per heavy atom. The fourth-order valence-corrected chi connectivity index (χ4v) is 8.25. The lowest BCUT2D eigenvalue weighted by molar-refractivity contribution is -0.129. The van der Waals surface area contributed by atoms with Crippen LogP contribution in [0.5, 0.6) is 17.2 Å². The summed E-state index contributed by atoms with van der Waals surface area (Å²) in [6, 6.07) is 12.1. The molecular formula is C31H33ClN2O6S. The Balaban J connectivity index is 1.04. The van der Waals surface area contributed by atoms with Gasteiger partial charge in [0.25, 0.3) is 17.1 Å². The highest BCUT2D eigenvalue weighted by atomic mass is 35.5. The normalized spacial score (nSPS) is 27.4. The number of rotatable bonds is 10. The fourth-order valence-electron chi connectivity index (χ4n) is 7.26. The van der Waals surface area contributed by atoms with E-state index in [1.54, 1.807) is 48.5 Å². The van der Waals surface area contributed by atoms with Gasteiger partial charge in [0.2, 0.25) is 0 Å². The summed E-state index contributed by atoms with van der Waals surface area (Å²) >= 11 is 6.77. The minimum Gasteiger partial charge on any atom is -0.493 e. The van der Waals surface area contributed by atoms with E-state index in [0.29, 0.717) is 32.7 Å². The average Bonchev–Trinajstić information content (AvgIpc) is 3.19. The van der Waals surface area contributed by atoms with E-state index in [2.05, 4.69) is 5.32 Å². The number of amides is 3. The third-order valence-electron chi connectivity index (χ3n) is 8.56. The standard InChI is InChI=1S/C31H33ClN2O6S/c1-38-26-13-19(14-27-29(36)34(30(37)41-27)8-9-39-24-5-3-23(32)4-6-24)2-7-25(26)40-18-28(35)33-31-15-20-10-21(16-31)12-22(11-20)17-31/h2-7,13-14,20-22H,8-12,15-18H2,1H3,(H,33,35)/b27-14-. The van der Waals surface area contributed by atoms with Crippen LogP contribution in [0.2, 0.25) is 5.02 Å². The van der Waals surface area contributed by atoms with Gasteiger partial charge in [-0.15, -0.1) is 0 Å². The predicted octanol–water partition coefficient (Wildman–Crippen LogP) is 5.93.